The van der Waals surface area contributed by atoms with Crippen LogP contribution >= 0.6 is 0 Å². The van der Waals surface area contributed by atoms with Crippen LogP contribution in [0.25, 0.3) is 5.70 Å². The number of pyridine rings is 1. The molecule has 22 heavy (non-hydrogen) atoms. The van der Waals surface area contributed by atoms with Crippen LogP contribution in [0.15, 0.2) is 41.7 Å². The number of rotatable bonds is 4. The molecule has 112 valence electrons. The van der Waals surface area contributed by atoms with Crippen molar-refractivity contribution in [3.63, 3.8) is 0 Å². The molecule has 1 aromatic heterocycles. The van der Waals surface area contributed by atoms with Gasteiger partial charge < -0.3 is 5.41 Å². The number of aromatic nitrogens is 1. The lowest BCUT2D eigenvalue weighted by atomic mass is 10.1. The fourth-order valence-electron chi connectivity index (χ4n) is 1.64. The Hall–Kier alpha value is -2.90. The number of nitrogens with zero attached hydrogens (tertiary/aromatic N) is 2. The summed E-state index contributed by atoms with van der Waals surface area (Å²) >= 11 is 0. The van der Waals surface area contributed by atoms with E-state index in [1.807, 2.05) is 0 Å². The SMILES string of the molecule is N=C(/C=C(\N=O)c1ccccn1)c1cc(F)c(F)c(F)c1F. The van der Waals surface area contributed by atoms with E-state index in [9.17, 15) is 22.5 Å². The molecule has 0 aliphatic rings. The molecule has 4 nitrogen and oxygen atoms in total. The molecule has 0 saturated heterocycles. The fourth-order valence-corrected chi connectivity index (χ4v) is 1.64. The van der Waals surface area contributed by atoms with Crippen molar-refractivity contribution in [2.45, 2.75) is 0 Å². The highest BCUT2D eigenvalue weighted by atomic mass is 19.2. The van der Waals surface area contributed by atoms with Crippen LogP contribution in [0.2, 0.25) is 0 Å². The average molecular weight is 309 g/mol. The highest BCUT2D eigenvalue weighted by Gasteiger charge is 2.21. The minimum atomic E-state index is -2.04. The van der Waals surface area contributed by atoms with Gasteiger partial charge >= 0.3 is 0 Å². The van der Waals surface area contributed by atoms with Gasteiger partial charge in [0, 0.05) is 11.8 Å². The van der Waals surface area contributed by atoms with Crippen molar-refractivity contribution in [2.75, 3.05) is 0 Å². The number of allylic oxidation sites excluding steroid dienone is 1. The monoisotopic (exact) mass is 309 g/mol. The fraction of sp³-hybridized carbons (Fsp3) is 0. The molecule has 0 saturated carbocycles. The molecule has 1 heterocycles. The summed E-state index contributed by atoms with van der Waals surface area (Å²) < 4.78 is 52.7. The molecule has 0 unspecified atom stereocenters. The van der Waals surface area contributed by atoms with Crippen LogP contribution in [0.3, 0.4) is 0 Å². The summed E-state index contributed by atoms with van der Waals surface area (Å²) in [5, 5.41) is 10.3. The van der Waals surface area contributed by atoms with E-state index in [-0.39, 0.29) is 11.4 Å². The minimum absolute atomic E-state index is 0.0886. The Morgan fingerprint density at radius 1 is 1.14 bits per heavy atom. The van der Waals surface area contributed by atoms with Crippen LogP contribution in [-0.4, -0.2) is 10.7 Å². The van der Waals surface area contributed by atoms with Crippen LogP contribution in [0.4, 0.5) is 17.6 Å². The minimum Gasteiger partial charge on any atom is -0.300 e. The maximum absolute atomic E-state index is 13.6. The zero-order valence-electron chi connectivity index (χ0n) is 10.8. The smallest absolute Gasteiger partial charge is 0.198 e. The van der Waals surface area contributed by atoms with Gasteiger partial charge in [-0.1, -0.05) is 6.07 Å². The molecule has 1 N–H and O–H groups in total. The molecule has 0 aliphatic heterocycles. The Bertz CT molecular complexity index is 775. The predicted octanol–water partition coefficient (Wildman–Crippen LogP) is 3.81. The summed E-state index contributed by atoms with van der Waals surface area (Å²) in [5.74, 6) is -7.39. The van der Waals surface area contributed by atoms with E-state index in [2.05, 4.69) is 10.2 Å². The summed E-state index contributed by atoms with van der Waals surface area (Å²) in [6.07, 6.45) is 2.14. The topological polar surface area (TPSA) is 66.2 Å². The molecule has 8 heteroatoms. The van der Waals surface area contributed by atoms with Crippen LogP contribution in [0.5, 0.6) is 0 Å². The van der Waals surface area contributed by atoms with Gasteiger partial charge in [-0.2, -0.15) is 0 Å². The Labute approximate surface area is 121 Å². The van der Waals surface area contributed by atoms with E-state index in [1.54, 1.807) is 12.1 Å². The van der Waals surface area contributed by atoms with Gasteiger partial charge in [-0.05, 0) is 29.5 Å². The highest BCUT2D eigenvalue weighted by Crippen LogP contribution is 2.21. The lowest BCUT2D eigenvalue weighted by Gasteiger charge is -2.05. The van der Waals surface area contributed by atoms with E-state index >= 15 is 0 Å². The van der Waals surface area contributed by atoms with Gasteiger partial charge in [0.1, 0.15) is 5.70 Å². The summed E-state index contributed by atoms with van der Waals surface area (Å²) in [6.45, 7) is 0. The molecular formula is C14H7F4N3O. The largest absolute Gasteiger partial charge is 0.300 e. The van der Waals surface area contributed by atoms with E-state index < -0.39 is 34.5 Å². The van der Waals surface area contributed by atoms with Crippen molar-refractivity contribution in [2.24, 2.45) is 5.18 Å². The highest BCUT2D eigenvalue weighted by molar-refractivity contribution is 6.10. The summed E-state index contributed by atoms with van der Waals surface area (Å²) in [5.41, 5.74) is -1.84. The molecule has 0 amide bonds. The standard InChI is InChI=1S/C14H7F4N3O/c15-8-5-7(12(16)14(18)13(8)17)9(19)6-11(21-22)10-3-1-2-4-20-10/h1-6,19H/b11-6-,19-9?. The maximum atomic E-state index is 13.6. The van der Waals surface area contributed by atoms with Gasteiger partial charge in [-0.15, -0.1) is 4.91 Å². The number of benzene rings is 1. The van der Waals surface area contributed by atoms with Crippen LogP contribution < -0.4 is 0 Å². The van der Waals surface area contributed by atoms with Gasteiger partial charge in [0.25, 0.3) is 0 Å². The third kappa shape index (κ3) is 2.90. The molecule has 0 radical (unpaired) electrons. The second kappa shape index (κ2) is 6.25. The first kappa shape index (κ1) is 15.5. The molecule has 2 aromatic rings. The van der Waals surface area contributed by atoms with E-state index in [0.29, 0.717) is 6.07 Å². The zero-order valence-corrected chi connectivity index (χ0v) is 10.8. The van der Waals surface area contributed by atoms with Crippen molar-refractivity contribution in [1.82, 2.24) is 4.98 Å². The van der Waals surface area contributed by atoms with Crippen LogP contribution in [0, 0.1) is 33.6 Å². The zero-order chi connectivity index (χ0) is 16.3. The third-order valence-corrected chi connectivity index (χ3v) is 2.70. The number of halogens is 4. The Kier molecular flexibility index (Phi) is 4.40. The lowest BCUT2D eigenvalue weighted by Crippen LogP contribution is -2.06. The number of nitrogens with one attached hydrogen (secondary N) is 1. The van der Waals surface area contributed by atoms with E-state index in [4.69, 9.17) is 5.41 Å². The molecule has 0 aliphatic carbocycles. The Morgan fingerprint density at radius 2 is 1.86 bits per heavy atom. The first-order valence-electron chi connectivity index (χ1n) is 5.84. The quantitative estimate of drug-likeness (QED) is 0.307. The number of nitroso groups, excluding NO2 is 1. The number of hydrogen-bond acceptors (Lipinski definition) is 4. The predicted molar refractivity (Wildman–Crippen MR) is 71.1 cm³/mol. The van der Waals surface area contributed by atoms with E-state index in [0.717, 1.165) is 6.08 Å². The molecule has 0 spiro atoms. The summed E-state index contributed by atoms with van der Waals surface area (Å²) in [4.78, 5) is 14.6. The lowest BCUT2D eigenvalue weighted by molar-refractivity contribution is 0.408. The van der Waals surface area contributed by atoms with Crippen LogP contribution in [0.1, 0.15) is 11.3 Å². The van der Waals surface area contributed by atoms with Gasteiger partial charge in [-0.25, -0.2) is 17.6 Å². The molecule has 0 atom stereocenters. The van der Waals surface area contributed by atoms with Crippen molar-refractivity contribution >= 4 is 11.4 Å². The number of hydrogen-bond donors (Lipinski definition) is 1. The maximum Gasteiger partial charge on any atom is 0.198 e. The third-order valence-electron chi connectivity index (χ3n) is 2.70. The summed E-state index contributed by atoms with van der Waals surface area (Å²) in [7, 11) is 0. The first-order chi connectivity index (χ1) is 10.5. The Morgan fingerprint density at radius 3 is 2.45 bits per heavy atom. The summed E-state index contributed by atoms with van der Waals surface area (Å²) in [6, 6.07) is 4.85. The van der Waals surface area contributed by atoms with Crippen molar-refractivity contribution < 1.29 is 17.6 Å². The normalized spacial score (nSPS) is 11.4. The van der Waals surface area contributed by atoms with E-state index in [1.165, 1.54) is 12.3 Å². The van der Waals surface area contributed by atoms with Gasteiger partial charge in [0.2, 0.25) is 0 Å². The van der Waals surface area contributed by atoms with Crippen molar-refractivity contribution in [3.05, 3.63) is 76.0 Å². The molecular weight excluding hydrogens is 302 g/mol. The second-order valence-corrected chi connectivity index (χ2v) is 4.10. The molecule has 0 bridgehead atoms. The van der Waals surface area contributed by atoms with Crippen molar-refractivity contribution in [3.8, 4) is 0 Å². The molecule has 2 rings (SSSR count). The second-order valence-electron chi connectivity index (χ2n) is 4.10. The van der Waals surface area contributed by atoms with Crippen LogP contribution in [-0.2, 0) is 0 Å². The van der Waals surface area contributed by atoms with Gasteiger partial charge in [0.15, 0.2) is 23.3 Å². The van der Waals surface area contributed by atoms with Gasteiger partial charge in [0.05, 0.1) is 11.4 Å². The molecule has 0 fully saturated rings. The van der Waals surface area contributed by atoms with Gasteiger partial charge in [-0.3, -0.25) is 4.98 Å². The Balaban J connectivity index is 2.48. The first-order valence-corrected chi connectivity index (χ1v) is 5.84. The average Bonchev–Trinajstić information content (AvgIpc) is 2.54. The van der Waals surface area contributed by atoms with Crippen molar-refractivity contribution in [1.29, 1.82) is 5.41 Å². The molecule has 1 aromatic carbocycles.